The van der Waals surface area contributed by atoms with Gasteiger partial charge in [-0.1, -0.05) is 5.16 Å². The van der Waals surface area contributed by atoms with Crippen molar-refractivity contribution in [2.75, 3.05) is 19.7 Å². The molecule has 0 aliphatic carbocycles. The maximum Gasteiger partial charge on any atom is 0.138 e. The molecule has 0 saturated carbocycles. The second-order valence-corrected chi connectivity index (χ2v) is 7.12. The van der Waals surface area contributed by atoms with Gasteiger partial charge in [-0.25, -0.2) is 0 Å². The van der Waals surface area contributed by atoms with Gasteiger partial charge in [0.1, 0.15) is 11.9 Å². The first-order valence-electron chi connectivity index (χ1n) is 8.00. The molecule has 0 bridgehead atoms. The van der Waals surface area contributed by atoms with Crippen molar-refractivity contribution in [3.05, 3.63) is 17.0 Å². The minimum absolute atomic E-state index is 0.219. The summed E-state index contributed by atoms with van der Waals surface area (Å²) in [4.78, 5) is 2.38. The van der Waals surface area contributed by atoms with Crippen molar-refractivity contribution in [2.45, 2.75) is 63.9 Å². The van der Waals surface area contributed by atoms with Gasteiger partial charge >= 0.3 is 0 Å². The number of hydrogen-bond donors (Lipinski definition) is 2. The fraction of sp³-hybridized carbons (Fsp3) is 0.812. The molecule has 22 heavy (non-hydrogen) atoms. The van der Waals surface area contributed by atoms with Crippen molar-refractivity contribution in [3.63, 3.8) is 0 Å². The summed E-state index contributed by atoms with van der Waals surface area (Å²) in [6.07, 6.45) is 1.46. The van der Waals surface area contributed by atoms with Gasteiger partial charge in [0.05, 0.1) is 23.5 Å². The Balaban J connectivity index is 1.61. The highest BCUT2D eigenvalue weighted by Crippen LogP contribution is 2.39. The molecule has 1 aromatic heterocycles. The van der Waals surface area contributed by atoms with E-state index in [1.54, 1.807) is 6.92 Å². The van der Waals surface area contributed by atoms with Crippen LogP contribution in [0.2, 0.25) is 0 Å². The highest BCUT2D eigenvalue weighted by atomic mass is 16.5. The Hall–Kier alpha value is -0.950. The van der Waals surface area contributed by atoms with Crippen LogP contribution in [-0.4, -0.2) is 57.3 Å². The van der Waals surface area contributed by atoms with E-state index in [4.69, 9.17) is 9.26 Å². The number of nitrogens with zero attached hydrogens (tertiary/aromatic N) is 2. The molecule has 2 saturated heterocycles. The molecule has 1 spiro atoms. The molecule has 2 atom stereocenters. The molecular formula is C16H26N2O4. The second-order valence-electron chi connectivity index (χ2n) is 7.12. The Labute approximate surface area is 131 Å². The van der Waals surface area contributed by atoms with Gasteiger partial charge in [0.25, 0.3) is 0 Å². The fourth-order valence-corrected chi connectivity index (χ4v) is 3.65. The Morgan fingerprint density at radius 3 is 2.55 bits per heavy atom. The zero-order valence-electron chi connectivity index (χ0n) is 13.6. The van der Waals surface area contributed by atoms with Crippen LogP contribution in [0, 0.1) is 13.8 Å². The quantitative estimate of drug-likeness (QED) is 0.853. The predicted molar refractivity (Wildman–Crippen MR) is 80.4 cm³/mol. The van der Waals surface area contributed by atoms with Crippen LogP contribution < -0.4 is 0 Å². The van der Waals surface area contributed by atoms with Crippen molar-refractivity contribution in [3.8, 4) is 0 Å². The summed E-state index contributed by atoms with van der Waals surface area (Å²) in [6, 6.07) is 0. The van der Waals surface area contributed by atoms with Gasteiger partial charge in [-0.2, -0.15) is 0 Å². The first kappa shape index (κ1) is 15.9. The van der Waals surface area contributed by atoms with Crippen LogP contribution >= 0.6 is 0 Å². The van der Waals surface area contributed by atoms with Gasteiger partial charge in [0.15, 0.2) is 0 Å². The average Bonchev–Trinajstić information content (AvgIpc) is 2.77. The van der Waals surface area contributed by atoms with E-state index in [1.165, 1.54) is 5.56 Å². The second kappa shape index (κ2) is 5.60. The zero-order chi connectivity index (χ0) is 16.0. The molecule has 2 aliphatic heterocycles. The number of aliphatic hydroxyl groups excluding tert-OH is 1. The summed E-state index contributed by atoms with van der Waals surface area (Å²) < 4.78 is 11.1. The SMILES string of the molecule is Cc1noc(C)c1CN1CCC2(CC1)C[C@](C)(O)[C@@H](O)CO2. The highest BCUT2D eigenvalue weighted by molar-refractivity contribution is 5.20. The third kappa shape index (κ3) is 2.93. The summed E-state index contributed by atoms with van der Waals surface area (Å²) >= 11 is 0. The third-order valence-electron chi connectivity index (χ3n) is 5.28. The lowest BCUT2D eigenvalue weighted by molar-refractivity contribution is -0.223. The van der Waals surface area contributed by atoms with Crippen LogP contribution in [0.3, 0.4) is 0 Å². The highest BCUT2D eigenvalue weighted by Gasteiger charge is 2.48. The van der Waals surface area contributed by atoms with E-state index in [-0.39, 0.29) is 12.2 Å². The topological polar surface area (TPSA) is 79.0 Å². The normalized spacial score (nSPS) is 32.5. The average molecular weight is 310 g/mol. The minimum atomic E-state index is -1.05. The molecule has 3 heterocycles. The molecule has 2 aliphatic rings. The number of aryl methyl sites for hydroxylation is 2. The fourth-order valence-electron chi connectivity index (χ4n) is 3.65. The molecule has 2 fully saturated rings. The largest absolute Gasteiger partial charge is 0.388 e. The van der Waals surface area contributed by atoms with E-state index in [2.05, 4.69) is 10.1 Å². The van der Waals surface area contributed by atoms with E-state index in [0.29, 0.717) is 6.42 Å². The zero-order valence-corrected chi connectivity index (χ0v) is 13.6. The van der Waals surface area contributed by atoms with Crippen LogP contribution in [0.15, 0.2) is 4.52 Å². The van der Waals surface area contributed by atoms with Crippen molar-refractivity contribution in [1.82, 2.24) is 10.1 Å². The first-order valence-corrected chi connectivity index (χ1v) is 8.00. The van der Waals surface area contributed by atoms with E-state index in [1.807, 2.05) is 13.8 Å². The van der Waals surface area contributed by atoms with Crippen LogP contribution in [0.5, 0.6) is 0 Å². The number of aromatic nitrogens is 1. The van der Waals surface area contributed by atoms with Crippen molar-refractivity contribution in [2.24, 2.45) is 0 Å². The molecule has 6 heteroatoms. The molecule has 6 nitrogen and oxygen atoms in total. The number of ether oxygens (including phenoxy) is 1. The monoisotopic (exact) mass is 310 g/mol. The van der Waals surface area contributed by atoms with Crippen molar-refractivity contribution < 1.29 is 19.5 Å². The molecule has 0 amide bonds. The smallest absolute Gasteiger partial charge is 0.138 e. The Morgan fingerprint density at radius 2 is 2.00 bits per heavy atom. The maximum absolute atomic E-state index is 10.3. The Bertz CT molecular complexity index is 513. The van der Waals surface area contributed by atoms with Gasteiger partial charge in [-0.3, -0.25) is 4.90 Å². The summed E-state index contributed by atoms with van der Waals surface area (Å²) in [7, 11) is 0. The number of hydrogen-bond acceptors (Lipinski definition) is 6. The van der Waals surface area contributed by atoms with E-state index >= 15 is 0 Å². The van der Waals surface area contributed by atoms with E-state index in [0.717, 1.165) is 43.9 Å². The van der Waals surface area contributed by atoms with Gasteiger partial charge in [0.2, 0.25) is 0 Å². The molecule has 0 aromatic carbocycles. The Kier molecular flexibility index (Phi) is 4.05. The van der Waals surface area contributed by atoms with E-state index < -0.39 is 11.7 Å². The van der Waals surface area contributed by atoms with Crippen LogP contribution in [0.25, 0.3) is 0 Å². The van der Waals surface area contributed by atoms with Crippen molar-refractivity contribution >= 4 is 0 Å². The first-order chi connectivity index (χ1) is 10.3. The third-order valence-corrected chi connectivity index (χ3v) is 5.28. The van der Waals surface area contributed by atoms with Gasteiger partial charge in [-0.15, -0.1) is 0 Å². The van der Waals surface area contributed by atoms with E-state index in [9.17, 15) is 10.2 Å². The number of aliphatic hydroxyl groups is 2. The Morgan fingerprint density at radius 1 is 1.32 bits per heavy atom. The summed E-state index contributed by atoms with van der Waals surface area (Å²) in [5, 5.41) is 24.2. The molecule has 1 aromatic rings. The minimum Gasteiger partial charge on any atom is -0.388 e. The predicted octanol–water partition coefficient (Wildman–Crippen LogP) is 1.16. The molecule has 0 radical (unpaired) electrons. The summed E-state index contributed by atoms with van der Waals surface area (Å²) in [5.74, 6) is 0.887. The summed E-state index contributed by atoms with van der Waals surface area (Å²) in [5.41, 5.74) is 0.778. The molecule has 2 N–H and O–H groups in total. The molecule has 124 valence electrons. The van der Waals surface area contributed by atoms with Gasteiger partial charge < -0.3 is 19.5 Å². The lowest BCUT2D eigenvalue weighted by atomic mass is 9.76. The summed E-state index contributed by atoms with van der Waals surface area (Å²) in [6.45, 7) is 8.52. The molecular weight excluding hydrogens is 284 g/mol. The molecule has 0 unspecified atom stereocenters. The van der Waals surface area contributed by atoms with Crippen LogP contribution in [0.1, 0.15) is 43.2 Å². The molecule has 3 rings (SSSR count). The number of rotatable bonds is 2. The maximum atomic E-state index is 10.3. The van der Waals surface area contributed by atoms with Crippen molar-refractivity contribution in [1.29, 1.82) is 0 Å². The number of likely N-dealkylation sites (tertiary alicyclic amines) is 1. The van der Waals surface area contributed by atoms with Gasteiger partial charge in [0, 0.05) is 31.6 Å². The lowest BCUT2D eigenvalue weighted by Crippen LogP contribution is -2.59. The standard InChI is InChI=1S/C16H26N2O4/c1-11-13(12(2)22-17-11)8-18-6-4-16(5-7-18)10-15(3,20)14(19)9-21-16/h14,19-20H,4-10H2,1-3H3/t14-,15-/m0/s1. The lowest BCUT2D eigenvalue weighted by Gasteiger charge is -2.49. The number of piperidine rings is 1. The van der Waals surface area contributed by atoms with Gasteiger partial charge in [-0.05, 0) is 33.6 Å². The van der Waals surface area contributed by atoms with Crippen LogP contribution in [-0.2, 0) is 11.3 Å². The van der Waals surface area contributed by atoms with Crippen LogP contribution in [0.4, 0.5) is 0 Å².